The predicted molar refractivity (Wildman–Crippen MR) is 74.1 cm³/mol. The Balaban J connectivity index is 2.35. The van der Waals surface area contributed by atoms with Gasteiger partial charge < -0.3 is 5.11 Å². The van der Waals surface area contributed by atoms with E-state index in [-0.39, 0.29) is 5.56 Å². The van der Waals surface area contributed by atoms with Gasteiger partial charge in [-0.2, -0.15) is 0 Å². The van der Waals surface area contributed by atoms with Crippen molar-refractivity contribution in [1.29, 1.82) is 0 Å². The molecule has 1 aromatic carbocycles. The van der Waals surface area contributed by atoms with Gasteiger partial charge in [0.25, 0.3) is 0 Å². The molecule has 1 aliphatic rings. The van der Waals surface area contributed by atoms with Crippen LogP contribution in [0, 0.1) is 0 Å². The van der Waals surface area contributed by atoms with Crippen LogP contribution in [0.4, 0.5) is 0 Å². The normalized spacial score (nSPS) is 13.6. The first-order valence-electron chi connectivity index (χ1n) is 5.73. The van der Waals surface area contributed by atoms with E-state index in [1.165, 1.54) is 12.5 Å². The van der Waals surface area contributed by atoms with E-state index in [0.29, 0.717) is 5.69 Å². The van der Waals surface area contributed by atoms with Gasteiger partial charge in [-0.25, -0.2) is 14.8 Å². The van der Waals surface area contributed by atoms with Gasteiger partial charge in [-0.05, 0) is 10.4 Å². The van der Waals surface area contributed by atoms with E-state index in [4.69, 9.17) is 0 Å². The SMILES string of the molecule is O=C(O)c1cncnc1C1=c2ccccc2=CCS1. The van der Waals surface area contributed by atoms with Crippen molar-refractivity contribution in [2.45, 2.75) is 0 Å². The average molecular weight is 270 g/mol. The maximum atomic E-state index is 11.3. The van der Waals surface area contributed by atoms with Gasteiger partial charge in [-0.1, -0.05) is 30.3 Å². The summed E-state index contributed by atoms with van der Waals surface area (Å²) in [6, 6.07) is 7.93. The Morgan fingerprint density at radius 2 is 2.16 bits per heavy atom. The van der Waals surface area contributed by atoms with Crippen LogP contribution in [0.25, 0.3) is 11.0 Å². The molecule has 0 atom stereocenters. The molecule has 2 heterocycles. The van der Waals surface area contributed by atoms with Crippen LogP contribution < -0.4 is 10.4 Å². The summed E-state index contributed by atoms with van der Waals surface area (Å²) >= 11 is 1.60. The highest BCUT2D eigenvalue weighted by atomic mass is 32.2. The first kappa shape index (κ1) is 11.9. The number of carboxylic acid groups (broad SMARTS) is 1. The number of aromatic carboxylic acids is 1. The molecule has 19 heavy (non-hydrogen) atoms. The third kappa shape index (κ3) is 2.13. The third-order valence-corrected chi connectivity index (χ3v) is 3.93. The molecule has 0 saturated heterocycles. The first-order valence-corrected chi connectivity index (χ1v) is 6.72. The van der Waals surface area contributed by atoms with E-state index < -0.39 is 5.97 Å². The quantitative estimate of drug-likeness (QED) is 0.877. The third-order valence-electron chi connectivity index (χ3n) is 2.89. The van der Waals surface area contributed by atoms with Crippen molar-refractivity contribution in [3.05, 3.63) is 58.5 Å². The molecule has 3 rings (SSSR count). The van der Waals surface area contributed by atoms with E-state index in [1.54, 1.807) is 11.8 Å². The van der Waals surface area contributed by atoms with Gasteiger partial charge in [0.15, 0.2) is 0 Å². The molecule has 0 saturated carbocycles. The van der Waals surface area contributed by atoms with Gasteiger partial charge in [0.05, 0.1) is 5.69 Å². The van der Waals surface area contributed by atoms with Crippen molar-refractivity contribution < 1.29 is 9.90 Å². The van der Waals surface area contributed by atoms with E-state index >= 15 is 0 Å². The minimum absolute atomic E-state index is 0.140. The molecule has 0 spiro atoms. The Kier molecular flexibility index (Phi) is 3.05. The standard InChI is InChI=1S/C14H10N2O2S/c17-14(18)11-7-15-8-16-12(11)13-10-4-2-1-3-9(10)5-6-19-13/h1-5,7-8H,6H2,(H,17,18). The minimum Gasteiger partial charge on any atom is -0.478 e. The fourth-order valence-electron chi connectivity index (χ4n) is 2.04. The maximum absolute atomic E-state index is 11.3. The smallest absolute Gasteiger partial charge is 0.339 e. The largest absolute Gasteiger partial charge is 0.478 e. The molecule has 0 fully saturated rings. The summed E-state index contributed by atoms with van der Waals surface area (Å²) < 4.78 is 0. The summed E-state index contributed by atoms with van der Waals surface area (Å²) in [4.78, 5) is 20.1. The van der Waals surface area contributed by atoms with Crippen LogP contribution in [0.3, 0.4) is 0 Å². The van der Waals surface area contributed by atoms with Gasteiger partial charge in [0.1, 0.15) is 11.9 Å². The second-order valence-electron chi connectivity index (χ2n) is 4.02. The van der Waals surface area contributed by atoms with E-state index in [2.05, 4.69) is 16.0 Å². The molecule has 2 aromatic rings. The van der Waals surface area contributed by atoms with Crippen molar-refractivity contribution in [2.75, 3.05) is 5.75 Å². The second-order valence-corrected chi connectivity index (χ2v) is 5.05. The average Bonchev–Trinajstić information content (AvgIpc) is 2.46. The highest BCUT2D eigenvalue weighted by Crippen LogP contribution is 2.26. The molecule has 0 aliphatic carbocycles. The molecule has 0 bridgehead atoms. The van der Waals surface area contributed by atoms with E-state index in [1.807, 2.05) is 24.3 Å². The molecule has 1 aromatic heterocycles. The van der Waals surface area contributed by atoms with Gasteiger partial charge in [0.2, 0.25) is 0 Å². The lowest BCUT2D eigenvalue weighted by Crippen LogP contribution is -2.29. The monoisotopic (exact) mass is 270 g/mol. The molecular formula is C14H10N2O2S. The number of hydrogen-bond donors (Lipinski definition) is 1. The predicted octanol–water partition coefficient (Wildman–Crippen LogP) is 0.859. The number of thioether (sulfide) groups is 1. The Morgan fingerprint density at radius 1 is 1.32 bits per heavy atom. The van der Waals surface area contributed by atoms with Crippen molar-refractivity contribution in [1.82, 2.24) is 9.97 Å². The first-order chi connectivity index (χ1) is 9.27. The fraction of sp³-hybridized carbons (Fsp3) is 0.0714. The Hall–Kier alpha value is -2.14. The molecule has 0 unspecified atom stereocenters. The lowest BCUT2D eigenvalue weighted by atomic mass is 10.1. The molecular weight excluding hydrogens is 260 g/mol. The highest BCUT2D eigenvalue weighted by molar-refractivity contribution is 8.08. The summed E-state index contributed by atoms with van der Waals surface area (Å²) in [6.07, 6.45) is 4.86. The van der Waals surface area contributed by atoms with E-state index in [9.17, 15) is 9.90 Å². The van der Waals surface area contributed by atoms with Crippen molar-refractivity contribution in [3.8, 4) is 0 Å². The van der Waals surface area contributed by atoms with Crippen LogP contribution in [0.1, 0.15) is 16.1 Å². The number of carboxylic acids is 1. The van der Waals surface area contributed by atoms with Crippen LogP contribution >= 0.6 is 11.8 Å². The van der Waals surface area contributed by atoms with Crippen molar-refractivity contribution >= 4 is 28.7 Å². The zero-order chi connectivity index (χ0) is 13.2. The van der Waals surface area contributed by atoms with Gasteiger partial charge in [0, 0.05) is 16.9 Å². The Labute approximate surface area is 113 Å². The zero-order valence-corrected chi connectivity index (χ0v) is 10.7. The number of rotatable bonds is 2. The number of nitrogens with zero attached hydrogens (tertiary/aromatic N) is 2. The maximum Gasteiger partial charge on any atom is 0.339 e. The van der Waals surface area contributed by atoms with Crippen LogP contribution in [0.5, 0.6) is 0 Å². The summed E-state index contributed by atoms with van der Waals surface area (Å²) in [6.45, 7) is 0. The van der Waals surface area contributed by atoms with Crippen LogP contribution in [0.2, 0.25) is 0 Å². The van der Waals surface area contributed by atoms with Crippen molar-refractivity contribution in [3.63, 3.8) is 0 Å². The number of fused-ring (bicyclic) bond motifs is 1. The van der Waals surface area contributed by atoms with Crippen LogP contribution in [-0.2, 0) is 0 Å². The number of carbonyl (C=O) groups is 1. The summed E-state index contributed by atoms with van der Waals surface area (Å²) in [5, 5.41) is 11.4. The van der Waals surface area contributed by atoms with Gasteiger partial charge >= 0.3 is 5.97 Å². The fourth-order valence-corrected chi connectivity index (χ4v) is 3.11. The van der Waals surface area contributed by atoms with Crippen LogP contribution in [-0.4, -0.2) is 26.8 Å². The minimum atomic E-state index is -1.00. The Morgan fingerprint density at radius 3 is 3.00 bits per heavy atom. The molecule has 94 valence electrons. The highest BCUT2D eigenvalue weighted by Gasteiger charge is 2.17. The summed E-state index contributed by atoms with van der Waals surface area (Å²) in [5.74, 6) is -0.189. The number of hydrogen-bond acceptors (Lipinski definition) is 4. The lowest BCUT2D eigenvalue weighted by Gasteiger charge is -2.11. The topological polar surface area (TPSA) is 63.1 Å². The molecule has 4 nitrogen and oxygen atoms in total. The lowest BCUT2D eigenvalue weighted by molar-refractivity contribution is 0.0695. The second kappa shape index (κ2) is 4.85. The number of benzene rings is 1. The van der Waals surface area contributed by atoms with Crippen LogP contribution in [0.15, 0.2) is 36.8 Å². The summed E-state index contributed by atoms with van der Waals surface area (Å²) in [7, 11) is 0. The van der Waals surface area contributed by atoms with E-state index in [0.717, 1.165) is 21.1 Å². The summed E-state index contributed by atoms with van der Waals surface area (Å²) in [5.41, 5.74) is 0.634. The Bertz CT molecular complexity index is 771. The molecule has 0 amide bonds. The molecule has 5 heteroatoms. The molecule has 0 radical (unpaired) electrons. The zero-order valence-electron chi connectivity index (χ0n) is 9.91. The molecule has 1 aliphatic heterocycles. The van der Waals surface area contributed by atoms with Crippen molar-refractivity contribution in [2.24, 2.45) is 0 Å². The molecule has 1 N–H and O–H groups in total. The van der Waals surface area contributed by atoms with Gasteiger partial charge in [-0.3, -0.25) is 0 Å². The van der Waals surface area contributed by atoms with Gasteiger partial charge in [-0.15, -0.1) is 11.8 Å². The number of aromatic nitrogens is 2.